The van der Waals surface area contributed by atoms with Crippen LogP contribution in [0.5, 0.6) is 5.75 Å². The molecule has 2 aromatic carbocycles. The summed E-state index contributed by atoms with van der Waals surface area (Å²) < 4.78 is 7.72. The Morgan fingerprint density at radius 2 is 1.50 bits per heavy atom. The van der Waals surface area contributed by atoms with Gasteiger partial charge in [-0.1, -0.05) is 0 Å². The first kappa shape index (κ1) is 19.2. The highest BCUT2D eigenvalue weighted by Crippen LogP contribution is 2.29. The number of nitrogens with one attached hydrogen (secondary N) is 1. The molecule has 0 radical (unpaired) electrons. The minimum Gasteiger partial charge on any atom is -0.497 e. The summed E-state index contributed by atoms with van der Waals surface area (Å²) in [4.78, 5) is 38.8. The van der Waals surface area contributed by atoms with Crippen molar-refractivity contribution in [1.82, 2.24) is 9.13 Å². The van der Waals surface area contributed by atoms with Gasteiger partial charge in [-0.3, -0.25) is 14.4 Å². The summed E-state index contributed by atoms with van der Waals surface area (Å²) in [7, 11) is 8.33. The van der Waals surface area contributed by atoms with Crippen LogP contribution in [0.3, 0.4) is 0 Å². The molecule has 0 aliphatic rings. The molecule has 0 fully saturated rings. The van der Waals surface area contributed by atoms with Crippen molar-refractivity contribution in [2.24, 2.45) is 14.1 Å². The van der Waals surface area contributed by atoms with Crippen LogP contribution in [0.2, 0.25) is 0 Å². The van der Waals surface area contributed by atoms with Crippen molar-refractivity contribution in [1.29, 1.82) is 0 Å². The van der Waals surface area contributed by atoms with E-state index in [1.54, 1.807) is 50.6 Å². The van der Waals surface area contributed by atoms with Gasteiger partial charge < -0.3 is 24.1 Å². The number of hydrogen-bond acceptors (Lipinski definition) is 5. The van der Waals surface area contributed by atoms with Crippen LogP contribution in [-0.4, -0.2) is 36.2 Å². The molecule has 0 atom stereocenters. The number of aryl methyl sites for hydroxylation is 2. The first-order valence-electron chi connectivity index (χ1n) is 8.61. The Morgan fingerprint density at radius 3 is 2.00 bits per heavy atom. The topological polar surface area (TPSA) is 85.6 Å². The molecule has 0 aliphatic carbocycles. The molecule has 0 saturated carbocycles. The van der Waals surface area contributed by atoms with Crippen molar-refractivity contribution in [3.63, 3.8) is 0 Å². The maximum atomic E-state index is 12.7. The van der Waals surface area contributed by atoms with Crippen LogP contribution in [0.25, 0.3) is 11.0 Å². The van der Waals surface area contributed by atoms with Gasteiger partial charge in [-0.25, -0.2) is 0 Å². The lowest BCUT2D eigenvalue weighted by atomic mass is 10.1. The van der Waals surface area contributed by atoms with E-state index in [1.165, 1.54) is 16.2 Å². The molecule has 3 rings (SSSR count). The highest BCUT2D eigenvalue weighted by atomic mass is 16.5. The molecule has 0 unspecified atom stereocenters. The zero-order valence-corrected chi connectivity index (χ0v) is 16.4. The molecule has 28 heavy (non-hydrogen) atoms. The number of benzene rings is 2. The molecule has 0 spiro atoms. The van der Waals surface area contributed by atoms with Gasteiger partial charge in [0.25, 0.3) is 5.91 Å². The van der Waals surface area contributed by atoms with Crippen LogP contribution in [-0.2, 0) is 14.1 Å². The predicted molar refractivity (Wildman–Crippen MR) is 110 cm³/mol. The molecular weight excluding hydrogens is 360 g/mol. The van der Waals surface area contributed by atoms with E-state index in [0.29, 0.717) is 33.7 Å². The number of carbonyl (C=O) groups is 1. The standard InChI is InChI=1S/C20H22N4O4/c1-22(2)15-11-17-16(23(3)19(26)20(27)24(17)4)10-14(15)21-18(25)12-6-8-13(28-5)9-7-12/h6-11H,1-5H3,(H,21,25). The number of rotatable bonds is 4. The van der Waals surface area contributed by atoms with Crippen molar-refractivity contribution >= 4 is 28.3 Å². The molecule has 8 nitrogen and oxygen atoms in total. The number of hydrogen-bond donors (Lipinski definition) is 1. The van der Waals surface area contributed by atoms with Crippen LogP contribution >= 0.6 is 0 Å². The van der Waals surface area contributed by atoms with Crippen molar-refractivity contribution < 1.29 is 9.53 Å². The minimum atomic E-state index is -0.625. The van der Waals surface area contributed by atoms with Gasteiger partial charge in [0, 0.05) is 33.8 Å². The molecular formula is C20H22N4O4. The maximum absolute atomic E-state index is 12.7. The van der Waals surface area contributed by atoms with Crippen LogP contribution in [0, 0.1) is 0 Å². The fourth-order valence-electron chi connectivity index (χ4n) is 3.02. The third-order valence-corrected chi connectivity index (χ3v) is 4.69. The molecule has 1 amide bonds. The zero-order valence-electron chi connectivity index (χ0n) is 16.4. The van der Waals surface area contributed by atoms with Gasteiger partial charge in [0.15, 0.2) is 0 Å². The van der Waals surface area contributed by atoms with Crippen LogP contribution in [0.4, 0.5) is 11.4 Å². The summed E-state index contributed by atoms with van der Waals surface area (Å²) >= 11 is 0. The first-order chi connectivity index (χ1) is 13.2. The zero-order chi connectivity index (χ0) is 20.6. The van der Waals surface area contributed by atoms with Crippen molar-refractivity contribution in [3.05, 3.63) is 62.7 Å². The van der Waals surface area contributed by atoms with Gasteiger partial charge in [-0.2, -0.15) is 0 Å². The maximum Gasteiger partial charge on any atom is 0.316 e. The molecule has 0 saturated heterocycles. The Morgan fingerprint density at radius 1 is 0.964 bits per heavy atom. The normalized spacial score (nSPS) is 10.8. The largest absolute Gasteiger partial charge is 0.497 e. The Kier molecular flexibility index (Phi) is 4.96. The summed E-state index contributed by atoms with van der Waals surface area (Å²) in [5, 5.41) is 2.89. The van der Waals surface area contributed by atoms with E-state index in [0.717, 1.165) is 0 Å². The molecule has 1 aromatic heterocycles. The average molecular weight is 382 g/mol. The van der Waals surface area contributed by atoms with Crippen molar-refractivity contribution in [2.45, 2.75) is 0 Å². The quantitative estimate of drug-likeness (QED) is 0.692. The second-order valence-electron chi connectivity index (χ2n) is 6.66. The summed E-state index contributed by atoms with van der Waals surface area (Å²) in [5.41, 5.74) is 1.63. The number of anilines is 2. The van der Waals surface area contributed by atoms with E-state index in [4.69, 9.17) is 4.74 Å². The van der Waals surface area contributed by atoms with E-state index in [1.807, 2.05) is 19.0 Å². The highest BCUT2D eigenvalue weighted by molar-refractivity contribution is 6.07. The molecule has 0 bridgehead atoms. The molecule has 1 heterocycles. The van der Waals surface area contributed by atoms with E-state index in [-0.39, 0.29) is 5.91 Å². The summed E-state index contributed by atoms with van der Waals surface area (Å²) in [6, 6.07) is 10.2. The Balaban J connectivity index is 2.13. The van der Waals surface area contributed by atoms with Crippen molar-refractivity contribution in [2.75, 3.05) is 31.4 Å². The second kappa shape index (κ2) is 7.22. The fraction of sp³-hybridized carbons (Fsp3) is 0.250. The number of carbonyl (C=O) groups excluding carboxylic acids is 1. The third-order valence-electron chi connectivity index (χ3n) is 4.69. The van der Waals surface area contributed by atoms with E-state index in [2.05, 4.69) is 5.32 Å². The lowest BCUT2D eigenvalue weighted by Gasteiger charge is -2.20. The Hall–Kier alpha value is -3.55. The molecule has 146 valence electrons. The lowest BCUT2D eigenvalue weighted by molar-refractivity contribution is 0.102. The van der Waals surface area contributed by atoms with Gasteiger partial charge in [0.2, 0.25) is 0 Å². The van der Waals surface area contributed by atoms with Gasteiger partial charge in [-0.05, 0) is 36.4 Å². The molecule has 3 aromatic rings. The third kappa shape index (κ3) is 3.24. The van der Waals surface area contributed by atoms with Crippen LogP contribution in [0.1, 0.15) is 10.4 Å². The predicted octanol–water partition coefficient (Wildman–Crippen LogP) is 1.56. The van der Waals surface area contributed by atoms with E-state index in [9.17, 15) is 14.4 Å². The summed E-state index contributed by atoms with van der Waals surface area (Å²) in [6.45, 7) is 0. The Labute approximate surface area is 161 Å². The number of nitrogens with zero attached hydrogens (tertiary/aromatic N) is 3. The fourth-order valence-corrected chi connectivity index (χ4v) is 3.02. The minimum absolute atomic E-state index is 0.292. The summed E-state index contributed by atoms with van der Waals surface area (Å²) in [6.07, 6.45) is 0. The number of amides is 1. The molecule has 0 aliphatic heterocycles. The molecule has 8 heteroatoms. The van der Waals surface area contributed by atoms with E-state index < -0.39 is 11.1 Å². The second-order valence-corrected chi connectivity index (χ2v) is 6.66. The Bertz CT molecular complexity index is 1170. The lowest BCUT2D eigenvalue weighted by Crippen LogP contribution is -2.39. The average Bonchev–Trinajstić information content (AvgIpc) is 2.70. The molecule has 1 N–H and O–H groups in total. The summed E-state index contributed by atoms with van der Waals surface area (Å²) in [5.74, 6) is 0.368. The van der Waals surface area contributed by atoms with Gasteiger partial charge >= 0.3 is 11.1 Å². The highest BCUT2D eigenvalue weighted by Gasteiger charge is 2.16. The SMILES string of the molecule is COc1ccc(C(=O)Nc2cc3c(cc2N(C)C)n(C)c(=O)c(=O)n3C)cc1. The van der Waals surface area contributed by atoms with Crippen LogP contribution < -0.4 is 26.1 Å². The van der Waals surface area contributed by atoms with E-state index >= 15 is 0 Å². The number of methoxy groups -OCH3 is 1. The number of fused-ring (bicyclic) bond motifs is 1. The van der Waals surface area contributed by atoms with Crippen molar-refractivity contribution in [3.8, 4) is 5.75 Å². The van der Waals surface area contributed by atoms with Crippen LogP contribution in [0.15, 0.2) is 46.0 Å². The van der Waals surface area contributed by atoms with Gasteiger partial charge in [0.1, 0.15) is 5.75 Å². The van der Waals surface area contributed by atoms with Gasteiger partial charge in [0.05, 0.1) is 29.5 Å². The monoisotopic (exact) mass is 382 g/mol. The number of ether oxygens (including phenoxy) is 1. The number of aromatic nitrogens is 2. The van der Waals surface area contributed by atoms with Gasteiger partial charge in [-0.15, -0.1) is 0 Å². The smallest absolute Gasteiger partial charge is 0.316 e. The first-order valence-corrected chi connectivity index (χ1v) is 8.61.